The first-order valence-electron chi connectivity index (χ1n) is 12.6. The average Bonchev–Trinajstić information content (AvgIpc) is 2.88. The van der Waals surface area contributed by atoms with Crippen LogP contribution in [0.5, 0.6) is 5.75 Å². The zero-order chi connectivity index (χ0) is 25.2. The van der Waals surface area contributed by atoms with Gasteiger partial charge >= 0.3 is 0 Å². The SMILES string of the molecule is CC(=O)c1cnc2ccc(-c3cc(Cl)c(O)c(Cl)c3)nc2c1N[C@H]1CC[C@H](CN2CCNCC2)CC1.Cl.Cl.Cl. The number of nitrogens with one attached hydrogen (secondary N) is 2. The second kappa shape index (κ2) is 14.9. The molecule has 0 spiro atoms. The van der Waals surface area contributed by atoms with E-state index in [1.165, 1.54) is 19.4 Å². The number of benzene rings is 1. The van der Waals surface area contributed by atoms with Crippen molar-refractivity contribution in [2.45, 2.75) is 38.6 Å². The topological polar surface area (TPSA) is 90.4 Å². The smallest absolute Gasteiger partial charge is 0.163 e. The van der Waals surface area contributed by atoms with Crippen molar-refractivity contribution >= 4 is 82.9 Å². The Hall–Kier alpha value is -1.58. The number of ketones is 1. The van der Waals surface area contributed by atoms with E-state index in [1.54, 1.807) is 25.3 Å². The lowest BCUT2D eigenvalue weighted by atomic mass is 9.85. The van der Waals surface area contributed by atoms with Crippen molar-refractivity contribution in [2.75, 3.05) is 38.0 Å². The molecule has 1 saturated heterocycles. The molecule has 0 amide bonds. The van der Waals surface area contributed by atoms with E-state index >= 15 is 0 Å². The molecule has 1 aliphatic carbocycles. The lowest BCUT2D eigenvalue weighted by Crippen LogP contribution is -2.45. The lowest BCUT2D eigenvalue weighted by molar-refractivity contribution is 0.101. The van der Waals surface area contributed by atoms with E-state index in [9.17, 15) is 9.90 Å². The van der Waals surface area contributed by atoms with Gasteiger partial charge in [-0.1, -0.05) is 23.2 Å². The van der Waals surface area contributed by atoms with Crippen molar-refractivity contribution in [3.63, 3.8) is 0 Å². The zero-order valence-electron chi connectivity index (χ0n) is 21.6. The predicted octanol–water partition coefficient (Wildman–Crippen LogP) is 6.65. The van der Waals surface area contributed by atoms with Crippen molar-refractivity contribution in [1.82, 2.24) is 20.2 Å². The monoisotopic (exact) mass is 635 g/mol. The van der Waals surface area contributed by atoms with Crippen LogP contribution in [-0.2, 0) is 0 Å². The third-order valence-electron chi connectivity index (χ3n) is 7.33. The van der Waals surface area contributed by atoms with Gasteiger partial charge in [-0.2, -0.15) is 0 Å². The van der Waals surface area contributed by atoms with Crippen LogP contribution >= 0.6 is 60.4 Å². The van der Waals surface area contributed by atoms with E-state index in [1.807, 2.05) is 12.1 Å². The highest BCUT2D eigenvalue weighted by Gasteiger charge is 2.25. The number of piperazine rings is 1. The first-order valence-corrected chi connectivity index (χ1v) is 13.3. The number of halogens is 5. The van der Waals surface area contributed by atoms with Gasteiger partial charge in [-0.3, -0.25) is 9.78 Å². The molecule has 2 aliphatic rings. The van der Waals surface area contributed by atoms with Gasteiger partial charge in [0.05, 0.1) is 32.5 Å². The van der Waals surface area contributed by atoms with E-state index in [0.717, 1.165) is 50.6 Å². The summed E-state index contributed by atoms with van der Waals surface area (Å²) in [4.78, 5) is 24.5. The van der Waals surface area contributed by atoms with Gasteiger partial charge in [-0.15, -0.1) is 37.2 Å². The number of pyridine rings is 2. The maximum absolute atomic E-state index is 12.5. The number of phenolic OH excluding ortho intramolecular Hbond substituents is 1. The van der Waals surface area contributed by atoms with Crippen LogP contribution in [0, 0.1) is 5.92 Å². The molecule has 0 radical (unpaired) electrons. The Labute approximate surface area is 257 Å². The molecule has 3 heterocycles. The third kappa shape index (κ3) is 7.79. The van der Waals surface area contributed by atoms with Crippen molar-refractivity contribution in [3.8, 4) is 17.0 Å². The Morgan fingerprint density at radius 3 is 2.33 bits per heavy atom. The Kier molecular flexibility index (Phi) is 12.8. The molecule has 3 N–H and O–H groups in total. The van der Waals surface area contributed by atoms with Crippen molar-refractivity contribution in [2.24, 2.45) is 5.92 Å². The molecule has 7 nitrogen and oxygen atoms in total. The van der Waals surface area contributed by atoms with Crippen LogP contribution in [0.2, 0.25) is 10.0 Å². The van der Waals surface area contributed by atoms with Gasteiger partial charge < -0.3 is 20.6 Å². The standard InChI is InChI=1S/C27H31Cl2N5O2.3ClH/c1-16(35)20-14-31-24-7-6-23(18-12-21(28)27(36)22(29)13-18)33-26(24)25(20)32-19-4-2-17(3-5-19)15-34-10-8-30-9-11-34;;;/h6-7,12-14,17,19,30,36H,2-5,8-11,15H2,1H3,(H,31,32);3*1H/t17-,19-;;;. The van der Waals surface area contributed by atoms with Crippen LogP contribution in [0.1, 0.15) is 43.0 Å². The molecule has 1 saturated carbocycles. The molecule has 5 rings (SSSR count). The number of Topliss-reactive ketones (excluding diaryl/α,β-unsaturated/α-hetero) is 1. The minimum absolute atomic E-state index is 0. The molecule has 0 bridgehead atoms. The maximum atomic E-state index is 12.5. The molecule has 2 aromatic heterocycles. The fourth-order valence-corrected chi connectivity index (χ4v) is 5.79. The van der Waals surface area contributed by atoms with Crippen LogP contribution in [-0.4, -0.2) is 64.5 Å². The van der Waals surface area contributed by atoms with Crippen LogP contribution in [0.25, 0.3) is 22.3 Å². The van der Waals surface area contributed by atoms with E-state index in [4.69, 9.17) is 28.2 Å². The quantitative estimate of drug-likeness (QED) is 0.261. The van der Waals surface area contributed by atoms with E-state index in [0.29, 0.717) is 27.9 Å². The zero-order valence-corrected chi connectivity index (χ0v) is 25.5. The van der Waals surface area contributed by atoms with Crippen LogP contribution in [0.4, 0.5) is 5.69 Å². The number of rotatable bonds is 6. The Balaban J connectivity index is 0.00000178. The summed E-state index contributed by atoms with van der Waals surface area (Å²) in [6, 6.07) is 7.26. The second-order valence-electron chi connectivity index (χ2n) is 9.87. The van der Waals surface area contributed by atoms with Crippen LogP contribution in [0.3, 0.4) is 0 Å². The van der Waals surface area contributed by atoms with Crippen LogP contribution < -0.4 is 10.6 Å². The fourth-order valence-electron chi connectivity index (χ4n) is 5.31. The van der Waals surface area contributed by atoms with Gasteiger partial charge in [-0.25, -0.2) is 4.98 Å². The van der Waals surface area contributed by atoms with Crippen LogP contribution in [0.15, 0.2) is 30.5 Å². The predicted molar refractivity (Wildman–Crippen MR) is 167 cm³/mol. The van der Waals surface area contributed by atoms with E-state index < -0.39 is 0 Å². The van der Waals surface area contributed by atoms with Crippen molar-refractivity contribution in [3.05, 3.63) is 46.1 Å². The lowest BCUT2D eigenvalue weighted by Gasteiger charge is -2.35. The molecule has 0 unspecified atom stereocenters. The summed E-state index contributed by atoms with van der Waals surface area (Å²) in [6.45, 7) is 7.16. The van der Waals surface area contributed by atoms with Gasteiger partial charge in [0.25, 0.3) is 0 Å². The number of hydrogen-bond acceptors (Lipinski definition) is 7. The van der Waals surface area contributed by atoms with E-state index in [-0.39, 0.29) is 64.8 Å². The number of carbonyl (C=O) groups excluding carboxylic acids is 1. The first-order chi connectivity index (χ1) is 17.4. The molecule has 39 heavy (non-hydrogen) atoms. The fraction of sp³-hybridized carbons (Fsp3) is 0.444. The molecule has 2 fully saturated rings. The number of aromatic nitrogens is 2. The molecule has 0 atom stereocenters. The second-order valence-corrected chi connectivity index (χ2v) is 10.7. The maximum Gasteiger partial charge on any atom is 0.163 e. The normalized spacial score (nSPS) is 19.4. The summed E-state index contributed by atoms with van der Waals surface area (Å²) >= 11 is 12.3. The Bertz CT molecular complexity index is 1260. The highest BCUT2D eigenvalue weighted by Crippen LogP contribution is 2.37. The molecule has 3 aromatic rings. The average molecular weight is 638 g/mol. The molecule has 214 valence electrons. The molecule has 1 aromatic carbocycles. The molecular formula is C27H34Cl5N5O2. The molecular weight excluding hydrogens is 604 g/mol. The summed E-state index contributed by atoms with van der Waals surface area (Å²) in [5, 5.41) is 17.3. The first kappa shape index (κ1) is 33.6. The highest BCUT2D eigenvalue weighted by atomic mass is 35.5. The molecule has 12 heteroatoms. The number of nitrogens with zero attached hydrogens (tertiary/aromatic N) is 3. The Morgan fingerprint density at radius 1 is 1.08 bits per heavy atom. The Morgan fingerprint density at radius 2 is 1.72 bits per heavy atom. The summed E-state index contributed by atoms with van der Waals surface area (Å²) in [5.41, 5.74) is 3.93. The number of hydrogen-bond donors (Lipinski definition) is 3. The minimum atomic E-state index is -0.154. The largest absolute Gasteiger partial charge is 0.505 e. The summed E-state index contributed by atoms with van der Waals surface area (Å²) in [5.74, 6) is 0.511. The number of anilines is 1. The summed E-state index contributed by atoms with van der Waals surface area (Å²) in [6.07, 6.45) is 6.09. The number of phenols is 1. The van der Waals surface area contributed by atoms with Gasteiger partial charge in [0.1, 0.15) is 5.52 Å². The van der Waals surface area contributed by atoms with Gasteiger partial charge in [0, 0.05) is 50.5 Å². The highest BCUT2D eigenvalue weighted by molar-refractivity contribution is 6.37. The van der Waals surface area contributed by atoms with Gasteiger partial charge in [-0.05, 0) is 62.8 Å². The number of carbonyl (C=O) groups is 1. The van der Waals surface area contributed by atoms with E-state index in [2.05, 4.69) is 20.5 Å². The molecule has 1 aliphatic heterocycles. The van der Waals surface area contributed by atoms with Gasteiger partial charge in [0.2, 0.25) is 0 Å². The van der Waals surface area contributed by atoms with Gasteiger partial charge in [0.15, 0.2) is 11.5 Å². The van der Waals surface area contributed by atoms with Crippen molar-refractivity contribution < 1.29 is 9.90 Å². The summed E-state index contributed by atoms with van der Waals surface area (Å²) < 4.78 is 0. The number of fused-ring (bicyclic) bond motifs is 1. The third-order valence-corrected chi connectivity index (χ3v) is 7.90. The number of aromatic hydroxyl groups is 1. The summed E-state index contributed by atoms with van der Waals surface area (Å²) in [7, 11) is 0. The van der Waals surface area contributed by atoms with Crippen molar-refractivity contribution in [1.29, 1.82) is 0 Å². The minimum Gasteiger partial charge on any atom is -0.505 e.